The predicted molar refractivity (Wildman–Crippen MR) is 87.9 cm³/mol. The Morgan fingerprint density at radius 2 is 2.14 bits per heavy atom. The van der Waals surface area contributed by atoms with Gasteiger partial charge in [-0.1, -0.05) is 19.8 Å². The van der Waals surface area contributed by atoms with Crippen LogP contribution in [0.5, 0.6) is 5.75 Å². The Balaban J connectivity index is 2.12. The van der Waals surface area contributed by atoms with Crippen LogP contribution in [0.25, 0.3) is 0 Å². The second kappa shape index (κ2) is 7.26. The van der Waals surface area contributed by atoms with Crippen LogP contribution < -0.4 is 10.1 Å². The number of ether oxygens (including phenoxy) is 1. The molecule has 1 saturated carbocycles. The van der Waals surface area contributed by atoms with Crippen LogP contribution in [0.2, 0.25) is 0 Å². The van der Waals surface area contributed by atoms with Crippen LogP contribution >= 0.6 is 0 Å². The van der Waals surface area contributed by atoms with Crippen LogP contribution in [0.4, 0.5) is 0 Å². The van der Waals surface area contributed by atoms with Gasteiger partial charge in [0.2, 0.25) is 0 Å². The van der Waals surface area contributed by atoms with Crippen molar-refractivity contribution in [1.82, 2.24) is 10.3 Å². The average molecular weight is 290 g/mol. The first-order valence-electron chi connectivity index (χ1n) is 8.27. The Kier molecular flexibility index (Phi) is 5.63. The predicted octanol–water partition coefficient (Wildman–Crippen LogP) is 3.66. The van der Waals surface area contributed by atoms with Crippen molar-refractivity contribution in [3.05, 3.63) is 23.0 Å². The molecule has 1 N–H and O–H groups in total. The number of hydrogen-bond donors (Lipinski definition) is 1. The largest absolute Gasteiger partial charge is 0.496 e. The molecule has 0 radical (unpaired) electrons. The minimum absolute atomic E-state index is 0.528. The molecular weight excluding hydrogens is 260 g/mol. The number of aryl methyl sites for hydroxylation is 1. The van der Waals surface area contributed by atoms with E-state index in [-0.39, 0.29) is 0 Å². The van der Waals surface area contributed by atoms with Gasteiger partial charge in [0.1, 0.15) is 5.75 Å². The third-order valence-electron chi connectivity index (χ3n) is 5.26. The van der Waals surface area contributed by atoms with Gasteiger partial charge in [-0.3, -0.25) is 4.98 Å². The minimum Gasteiger partial charge on any atom is -0.496 e. The van der Waals surface area contributed by atoms with Gasteiger partial charge in [0.15, 0.2) is 0 Å². The van der Waals surface area contributed by atoms with Crippen molar-refractivity contribution < 1.29 is 4.74 Å². The number of rotatable bonds is 6. The van der Waals surface area contributed by atoms with E-state index in [2.05, 4.69) is 38.1 Å². The van der Waals surface area contributed by atoms with E-state index in [1.807, 2.05) is 6.20 Å². The topological polar surface area (TPSA) is 34.1 Å². The highest BCUT2D eigenvalue weighted by atomic mass is 16.5. The van der Waals surface area contributed by atoms with E-state index >= 15 is 0 Å². The SMILES string of the molecule is CCC1CCC(C(Cc2ncc(C)c(OC)c2C)NC)C1. The van der Waals surface area contributed by atoms with Crippen molar-refractivity contribution >= 4 is 0 Å². The lowest BCUT2D eigenvalue weighted by molar-refractivity contribution is 0.357. The molecule has 1 aliphatic rings. The molecule has 0 bridgehead atoms. The molecule has 118 valence electrons. The monoisotopic (exact) mass is 290 g/mol. The summed E-state index contributed by atoms with van der Waals surface area (Å²) in [5, 5.41) is 3.54. The highest BCUT2D eigenvalue weighted by Gasteiger charge is 2.30. The summed E-state index contributed by atoms with van der Waals surface area (Å²) in [4.78, 5) is 4.66. The second-order valence-corrected chi connectivity index (χ2v) is 6.49. The summed E-state index contributed by atoms with van der Waals surface area (Å²) >= 11 is 0. The number of nitrogens with zero attached hydrogens (tertiary/aromatic N) is 1. The lowest BCUT2D eigenvalue weighted by atomic mass is 9.91. The number of methoxy groups -OCH3 is 1. The summed E-state index contributed by atoms with van der Waals surface area (Å²) in [5.41, 5.74) is 3.49. The summed E-state index contributed by atoms with van der Waals surface area (Å²) in [5.74, 6) is 2.70. The zero-order valence-corrected chi connectivity index (χ0v) is 14.2. The van der Waals surface area contributed by atoms with Gasteiger partial charge in [-0.2, -0.15) is 0 Å². The maximum absolute atomic E-state index is 5.53. The highest BCUT2D eigenvalue weighted by molar-refractivity contribution is 5.41. The summed E-state index contributed by atoms with van der Waals surface area (Å²) in [6.07, 6.45) is 8.37. The van der Waals surface area contributed by atoms with Gasteiger partial charge < -0.3 is 10.1 Å². The van der Waals surface area contributed by atoms with Gasteiger partial charge in [0.25, 0.3) is 0 Å². The first-order valence-corrected chi connectivity index (χ1v) is 8.27. The van der Waals surface area contributed by atoms with Crippen molar-refractivity contribution in [1.29, 1.82) is 0 Å². The average Bonchev–Trinajstić information content (AvgIpc) is 2.96. The van der Waals surface area contributed by atoms with E-state index in [0.29, 0.717) is 6.04 Å². The van der Waals surface area contributed by atoms with E-state index < -0.39 is 0 Å². The van der Waals surface area contributed by atoms with Crippen molar-refractivity contribution in [3.63, 3.8) is 0 Å². The molecule has 1 fully saturated rings. The van der Waals surface area contributed by atoms with E-state index in [1.165, 1.54) is 36.9 Å². The molecule has 1 heterocycles. The summed E-state index contributed by atoms with van der Waals surface area (Å²) < 4.78 is 5.53. The molecule has 3 atom stereocenters. The Bertz CT molecular complexity index is 473. The van der Waals surface area contributed by atoms with Crippen molar-refractivity contribution in [2.75, 3.05) is 14.2 Å². The minimum atomic E-state index is 0.528. The second-order valence-electron chi connectivity index (χ2n) is 6.49. The fraction of sp³-hybridized carbons (Fsp3) is 0.722. The fourth-order valence-electron chi connectivity index (χ4n) is 3.84. The van der Waals surface area contributed by atoms with Crippen molar-refractivity contribution in [3.8, 4) is 5.75 Å². The molecular formula is C18H30N2O. The van der Waals surface area contributed by atoms with Gasteiger partial charge in [0.05, 0.1) is 7.11 Å². The summed E-state index contributed by atoms with van der Waals surface area (Å²) in [7, 11) is 3.84. The molecule has 0 amide bonds. The number of pyridine rings is 1. The highest BCUT2D eigenvalue weighted by Crippen LogP contribution is 2.36. The van der Waals surface area contributed by atoms with E-state index in [0.717, 1.165) is 29.6 Å². The zero-order valence-electron chi connectivity index (χ0n) is 14.2. The molecule has 3 nitrogen and oxygen atoms in total. The van der Waals surface area contributed by atoms with Crippen LogP contribution in [0, 0.1) is 25.7 Å². The molecule has 0 aromatic carbocycles. The lowest BCUT2D eigenvalue weighted by Crippen LogP contribution is -2.35. The van der Waals surface area contributed by atoms with Crippen molar-refractivity contribution in [2.24, 2.45) is 11.8 Å². The molecule has 3 heteroatoms. The normalized spacial score (nSPS) is 23.3. The molecule has 0 spiro atoms. The first-order chi connectivity index (χ1) is 10.1. The van der Waals surface area contributed by atoms with E-state index in [4.69, 9.17) is 4.74 Å². The number of nitrogens with one attached hydrogen (secondary N) is 1. The van der Waals surface area contributed by atoms with Gasteiger partial charge in [-0.25, -0.2) is 0 Å². The van der Waals surface area contributed by atoms with E-state index in [1.54, 1.807) is 7.11 Å². The van der Waals surface area contributed by atoms with Gasteiger partial charge in [-0.15, -0.1) is 0 Å². The Labute approximate surface area is 129 Å². The smallest absolute Gasteiger partial charge is 0.128 e. The van der Waals surface area contributed by atoms with Crippen LogP contribution in [-0.2, 0) is 6.42 Å². The number of aromatic nitrogens is 1. The van der Waals surface area contributed by atoms with Crippen LogP contribution in [0.15, 0.2) is 6.20 Å². The van der Waals surface area contributed by atoms with E-state index in [9.17, 15) is 0 Å². The van der Waals surface area contributed by atoms with Gasteiger partial charge in [-0.05, 0) is 45.6 Å². The zero-order chi connectivity index (χ0) is 15.4. The quantitative estimate of drug-likeness (QED) is 0.868. The van der Waals surface area contributed by atoms with Gasteiger partial charge >= 0.3 is 0 Å². The third kappa shape index (κ3) is 3.57. The number of hydrogen-bond acceptors (Lipinski definition) is 3. The third-order valence-corrected chi connectivity index (χ3v) is 5.26. The lowest BCUT2D eigenvalue weighted by Gasteiger charge is -2.24. The van der Waals surface area contributed by atoms with Crippen LogP contribution in [0.3, 0.4) is 0 Å². The first kappa shape index (κ1) is 16.3. The molecule has 3 unspecified atom stereocenters. The summed E-state index contributed by atoms with van der Waals surface area (Å²) in [6.45, 7) is 6.50. The maximum Gasteiger partial charge on any atom is 0.128 e. The fourth-order valence-corrected chi connectivity index (χ4v) is 3.84. The molecule has 1 aromatic heterocycles. The Morgan fingerprint density at radius 1 is 1.38 bits per heavy atom. The maximum atomic E-state index is 5.53. The van der Waals surface area contributed by atoms with Gasteiger partial charge in [0, 0.05) is 35.5 Å². The standard InChI is InChI=1S/C18H30N2O/c1-6-14-7-8-15(9-14)17(19-4)10-16-13(3)18(21-5)12(2)11-20-16/h11,14-15,17,19H,6-10H2,1-5H3. The molecule has 0 saturated heterocycles. The Hall–Kier alpha value is -1.09. The molecule has 1 aliphatic carbocycles. The molecule has 1 aromatic rings. The molecule has 21 heavy (non-hydrogen) atoms. The van der Waals surface area contributed by atoms with Crippen LogP contribution in [-0.4, -0.2) is 25.2 Å². The van der Waals surface area contributed by atoms with Crippen molar-refractivity contribution in [2.45, 2.75) is 58.9 Å². The number of likely N-dealkylation sites (N-methyl/N-ethyl adjacent to an activating group) is 1. The Morgan fingerprint density at radius 3 is 2.71 bits per heavy atom. The molecule has 0 aliphatic heterocycles. The molecule has 2 rings (SSSR count). The summed E-state index contributed by atoms with van der Waals surface area (Å²) in [6, 6.07) is 0.528. The van der Waals surface area contributed by atoms with Crippen LogP contribution in [0.1, 0.15) is 49.4 Å².